The summed E-state index contributed by atoms with van der Waals surface area (Å²) in [7, 11) is -0.636. The molecule has 0 fully saturated rings. The lowest BCUT2D eigenvalue weighted by molar-refractivity contribution is 0.388. The van der Waals surface area contributed by atoms with E-state index in [1.165, 1.54) is 20.2 Å². The lowest BCUT2D eigenvalue weighted by Crippen LogP contribution is -2.21. The topological polar surface area (TPSA) is 82.8 Å². The number of rotatable bonds is 6. The highest BCUT2D eigenvalue weighted by atomic mass is 32.2. The first-order chi connectivity index (χ1) is 9.91. The van der Waals surface area contributed by atoms with Crippen LogP contribution in [0.15, 0.2) is 45.9 Å². The van der Waals surface area contributed by atoms with Gasteiger partial charge >= 0.3 is 0 Å². The van der Waals surface area contributed by atoms with Crippen LogP contribution < -0.4 is 5.32 Å². The maximum atomic E-state index is 11.9. The quantitative estimate of drug-likeness (QED) is 0.845. The van der Waals surface area contributed by atoms with Crippen LogP contribution in [-0.2, 0) is 23.1 Å². The van der Waals surface area contributed by atoms with Gasteiger partial charge in [0.2, 0.25) is 5.09 Å². The van der Waals surface area contributed by atoms with Crippen LogP contribution in [0.25, 0.3) is 0 Å². The number of hydrogen-bond acceptors (Lipinski definition) is 5. The van der Waals surface area contributed by atoms with Gasteiger partial charge in [0.25, 0.3) is 10.0 Å². The summed E-state index contributed by atoms with van der Waals surface area (Å²) in [4.78, 5) is 0. The van der Waals surface area contributed by atoms with Crippen molar-refractivity contribution >= 4 is 10.0 Å². The van der Waals surface area contributed by atoms with Gasteiger partial charge in [-0.15, -0.1) is 0 Å². The Labute approximate surface area is 124 Å². The lowest BCUT2D eigenvalue weighted by atomic mass is 10.2. The number of nitrogens with zero attached hydrogens (tertiary/aromatic N) is 1. The van der Waals surface area contributed by atoms with Crippen LogP contribution in [0.2, 0.25) is 0 Å². The van der Waals surface area contributed by atoms with Gasteiger partial charge in [0, 0.05) is 26.2 Å². The van der Waals surface area contributed by atoms with Gasteiger partial charge in [-0.25, -0.2) is 12.7 Å². The molecule has 21 heavy (non-hydrogen) atoms. The Balaban J connectivity index is 1.97. The largest absolute Gasteiger partial charge is 0.508 e. The minimum atomic E-state index is -3.54. The van der Waals surface area contributed by atoms with E-state index in [4.69, 9.17) is 4.42 Å². The van der Waals surface area contributed by atoms with E-state index in [-0.39, 0.29) is 10.8 Å². The molecule has 0 saturated heterocycles. The molecule has 0 aliphatic heterocycles. The monoisotopic (exact) mass is 310 g/mol. The Hall–Kier alpha value is -1.83. The van der Waals surface area contributed by atoms with Gasteiger partial charge in [-0.05, 0) is 18.2 Å². The molecular weight excluding hydrogens is 292 g/mol. The first-order valence-electron chi connectivity index (χ1n) is 6.40. The van der Waals surface area contributed by atoms with E-state index in [9.17, 15) is 13.5 Å². The summed E-state index contributed by atoms with van der Waals surface area (Å²) < 4.78 is 30.2. The molecule has 0 spiro atoms. The van der Waals surface area contributed by atoms with Crippen molar-refractivity contribution in [1.29, 1.82) is 0 Å². The maximum absolute atomic E-state index is 11.9. The average molecular weight is 310 g/mol. The van der Waals surface area contributed by atoms with Gasteiger partial charge < -0.3 is 14.8 Å². The summed E-state index contributed by atoms with van der Waals surface area (Å²) in [5.74, 6) is 0.742. The summed E-state index contributed by atoms with van der Waals surface area (Å²) in [5, 5.41) is 12.6. The highest BCUT2D eigenvalue weighted by Crippen LogP contribution is 2.18. The Morgan fingerprint density at radius 2 is 1.86 bits per heavy atom. The number of furan rings is 1. The van der Waals surface area contributed by atoms with Crippen molar-refractivity contribution in [2.45, 2.75) is 18.2 Å². The third kappa shape index (κ3) is 3.63. The molecule has 2 N–H and O–H groups in total. The number of phenolic OH excluding ortho intramolecular Hbond substituents is 1. The zero-order chi connectivity index (χ0) is 15.5. The first-order valence-corrected chi connectivity index (χ1v) is 7.84. The summed E-state index contributed by atoms with van der Waals surface area (Å²) in [5.41, 5.74) is 0.769. The van der Waals surface area contributed by atoms with Crippen molar-refractivity contribution in [3.63, 3.8) is 0 Å². The average Bonchev–Trinajstić information content (AvgIpc) is 2.90. The number of aromatic hydroxyl groups is 1. The zero-order valence-electron chi connectivity index (χ0n) is 11.9. The highest BCUT2D eigenvalue weighted by Gasteiger charge is 2.21. The maximum Gasteiger partial charge on any atom is 0.275 e. The van der Waals surface area contributed by atoms with Crippen LogP contribution in [0.5, 0.6) is 5.75 Å². The van der Waals surface area contributed by atoms with E-state index >= 15 is 0 Å². The second kappa shape index (κ2) is 6.30. The number of hydrogen-bond donors (Lipinski definition) is 2. The van der Waals surface area contributed by atoms with Crippen LogP contribution in [0.4, 0.5) is 0 Å². The normalized spacial score (nSPS) is 12.0. The van der Waals surface area contributed by atoms with Crippen molar-refractivity contribution in [1.82, 2.24) is 9.62 Å². The van der Waals surface area contributed by atoms with Crippen LogP contribution in [0.3, 0.4) is 0 Å². The molecule has 6 nitrogen and oxygen atoms in total. The molecule has 0 unspecified atom stereocenters. The third-order valence-corrected chi connectivity index (χ3v) is 4.67. The molecule has 0 bridgehead atoms. The van der Waals surface area contributed by atoms with E-state index in [2.05, 4.69) is 5.32 Å². The Morgan fingerprint density at radius 1 is 1.14 bits per heavy atom. The molecular formula is C14H18N2O4S. The van der Waals surface area contributed by atoms with Gasteiger partial charge in [0.15, 0.2) is 0 Å². The lowest BCUT2D eigenvalue weighted by Gasteiger charge is -2.08. The molecule has 114 valence electrons. The van der Waals surface area contributed by atoms with Crippen molar-refractivity contribution < 1.29 is 17.9 Å². The van der Waals surface area contributed by atoms with E-state index in [1.54, 1.807) is 18.2 Å². The van der Waals surface area contributed by atoms with Gasteiger partial charge in [0.1, 0.15) is 11.5 Å². The molecule has 0 atom stereocenters. The predicted octanol–water partition coefficient (Wildman–Crippen LogP) is 1.53. The van der Waals surface area contributed by atoms with Gasteiger partial charge in [-0.2, -0.15) is 0 Å². The molecule has 0 saturated carbocycles. The summed E-state index contributed by atoms with van der Waals surface area (Å²) in [6, 6.07) is 10.1. The Bertz CT molecular complexity index is 707. The van der Waals surface area contributed by atoms with Crippen molar-refractivity contribution in [3.8, 4) is 5.75 Å². The fraction of sp³-hybridized carbons (Fsp3) is 0.286. The molecule has 7 heteroatoms. The summed E-state index contributed by atoms with van der Waals surface area (Å²) in [6.07, 6.45) is 0. The Kier molecular flexibility index (Phi) is 4.66. The first kappa shape index (κ1) is 15.6. The van der Waals surface area contributed by atoms with Crippen LogP contribution in [0, 0.1) is 0 Å². The third-order valence-electron chi connectivity index (χ3n) is 2.98. The van der Waals surface area contributed by atoms with Gasteiger partial charge in [-0.3, -0.25) is 0 Å². The van der Waals surface area contributed by atoms with Gasteiger partial charge in [-0.1, -0.05) is 18.2 Å². The standard InChI is InChI=1S/C14H18N2O4S/c1-16(2)21(18,19)14-8-7-12(20-14)10-15-9-11-5-3-4-6-13(11)17/h3-8,15,17H,9-10H2,1-2H3. The smallest absolute Gasteiger partial charge is 0.275 e. The minimum absolute atomic E-state index is 0.0770. The SMILES string of the molecule is CN(C)S(=O)(=O)c1ccc(CNCc2ccccc2O)o1. The van der Waals surface area contributed by atoms with E-state index < -0.39 is 10.0 Å². The number of phenols is 1. The fourth-order valence-corrected chi connectivity index (χ4v) is 2.56. The molecule has 1 aromatic heterocycles. The van der Waals surface area contributed by atoms with Crippen molar-refractivity contribution in [3.05, 3.63) is 47.7 Å². The van der Waals surface area contributed by atoms with Crippen LogP contribution in [-0.4, -0.2) is 31.9 Å². The fourth-order valence-electron chi connectivity index (χ4n) is 1.75. The highest BCUT2D eigenvalue weighted by molar-refractivity contribution is 7.88. The molecule has 1 aromatic carbocycles. The second-order valence-corrected chi connectivity index (χ2v) is 6.82. The molecule has 1 heterocycles. The summed E-state index contributed by atoms with van der Waals surface area (Å²) >= 11 is 0. The molecule has 0 radical (unpaired) electrons. The van der Waals surface area contributed by atoms with Crippen LogP contribution >= 0.6 is 0 Å². The predicted molar refractivity (Wildman–Crippen MR) is 78.2 cm³/mol. The number of benzene rings is 1. The van der Waals surface area contributed by atoms with Crippen molar-refractivity contribution in [2.24, 2.45) is 0 Å². The molecule has 0 aliphatic rings. The van der Waals surface area contributed by atoms with Gasteiger partial charge in [0.05, 0.1) is 6.54 Å². The van der Waals surface area contributed by atoms with Crippen LogP contribution in [0.1, 0.15) is 11.3 Å². The molecule has 0 amide bonds. The van der Waals surface area contributed by atoms with E-state index in [1.807, 2.05) is 12.1 Å². The number of nitrogens with one attached hydrogen (secondary N) is 1. The molecule has 0 aliphatic carbocycles. The second-order valence-electron chi connectivity index (χ2n) is 4.74. The van der Waals surface area contributed by atoms with E-state index in [0.717, 1.165) is 9.87 Å². The van der Waals surface area contributed by atoms with E-state index in [0.29, 0.717) is 18.8 Å². The minimum Gasteiger partial charge on any atom is -0.508 e. The number of sulfonamides is 1. The zero-order valence-corrected chi connectivity index (χ0v) is 12.7. The van der Waals surface area contributed by atoms with Crippen molar-refractivity contribution in [2.75, 3.05) is 14.1 Å². The molecule has 2 rings (SSSR count). The Morgan fingerprint density at radius 3 is 2.52 bits per heavy atom. The summed E-state index contributed by atoms with van der Waals surface area (Å²) in [6.45, 7) is 0.834. The molecule has 2 aromatic rings. The number of para-hydroxylation sites is 1.